The molecule has 0 saturated heterocycles. The van der Waals surface area contributed by atoms with Crippen LogP contribution < -0.4 is 11.1 Å². The van der Waals surface area contributed by atoms with Crippen LogP contribution in [0.15, 0.2) is 45.2 Å². The number of aryl methyl sites for hydroxylation is 2. The molecule has 3 N–H and O–H groups in total. The molecular formula is C25H22N2O8. The Morgan fingerprint density at radius 3 is 2.37 bits per heavy atom. The number of carbonyl (C=O) groups is 4. The van der Waals surface area contributed by atoms with E-state index in [1.54, 1.807) is 13.8 Å². The minimum atomic E-state index is -0.998. The van der Waals surface area contributed by atoms with Crippen LogP contribution in [-0.2, 0) is 14.3 Å². The number of hydrogen-bond donors (Lipinski definition) is 2. The first-order valence-corrected chi connectivity index (χ1v) is 10.7. The maximum atomic E-state index is 12.7. The Bertz CT molecular complexity index is 1490. The Hall–Kier alpha value is -4.60. The van der Waals surface area contributed by atoms with Gasteiger partial charge in [0.1, 0.15) is 22.5 Å². The number of fused-ring (bicyclic) bond motifs is 3. The fourth-order valence-electron chi connectivity index (χ4n) is 3.82. The lowest BCUT2D eigenvalue weighted by Gasteiger charge is -2.05. The van der Waals surface area contributed by atoms with Crippen molar-refractivity contribution in [2.24, 2.45) is 5.73 Å². The van der Waals surface area contributed by atoms with Crippen molar-refractivity contribution in [3.8, 4) is 0 Å². The first-order chi connectivity index (χ1) is 16.7. The van der Waals surface area contributed by atoms with Crippen molar-refractivity contribution < 1.29 is 37.5 Å². The summed E-state index contributed by atoms with van der Waals surface area (Å²) in [6.45, 7) is 4.10. The maximum absolute atomic E-state index is 12.7. The molecule has 2 amide bonds. The first kappa shape index (κ1) is 23.6. The number of nitrogens with one attached hydrogen (secondary N) is 1. The van der Waals surface area contributed by atoms with Gasteiger partial charge in [-0.3, -0.25) is 14.9 Å². The highest BCUT2D eigenvalue weighted by Crippen LogP contribution is 2.32. The van der Waals surface area contributed by atoms with Gasteiger partial charge in [0.2, 0.25) is 11.6 Å². The Balaban J connectivity index is 1.51. The number of rotatable bonds is 7. The van der Waals surface area contributed by atoms with E-state index >= 15 is 0 Å². The predicted octanol–water partition coefficient (Wildman–Crippen LogP) is 3.87. The number of hydrogen-bond acceptors (Lipinski definition) is 8. The lowest BCUT2D eigenvalue weighted by molar-refractivity contribution is -0.119. The summed E-state index contributed by atoms with van der Waals surface area (Å²) < 4.78 is 21.2. The Morgan fingerprint density at radius 2 is 1.66 bits per heavy atom. The zero-order valence-electron chi connectivity index (χ0n) is 19.2. The van der Waals surface area contributed by atoms with Crippen molar-refractivity contribution in [1.29, 1.82) is 0 Å². The molecule has 0 aliphatic carbocycles. The smallest absolute Gasteiger partial charge is 0.375 e. The molecule has 0 fully saturated rings. The minimum absolute atomic E-state index is 0.0274. The van der Waals surface area contributed by atoms with Crippen molar-refractivity contribution in [3.63, 3.8) is 0 Å². The van der Waals surface area contributed by atoms with Gasteiger partial charge in [-0.15, -0.1) is 0 Å². The van der Waals surface area contributed by atoms with Crippen LogP contribution >= 0.6 is 0 Å². The molecular weight excluding hydrogens is 456 g/mol. The normalized spacial score (nSPS) is 10.9. The van der Waals surface area contributed by atoms with Gasteiger partial charge in [0.25, 0.3) is 11.8 Å². The maximum Gasteiger partial charge on any atom is 0.375 e. The highest BCUT2D eigenvalue weighted by molar-refractivity contribution is 6.11. The monoisotopic (exact) mass is 478 g/mol. The second kappa shape index (κ2) is 9.34. The van der Waals surface area contributed by atoms with E-state index in [0.29, 0.717) is 11.1 Å². The van der Waals surface area contributed by atoms with E-state index in [1.165, 1.54) is 6.92 Å². The molecule has 0 bridgehead atoms. The molecule has 2 heterocycles. The predicted molar refractivity (Wildman–Crippen MR) is 125 cm³/mol. The number of ether oxygens (including phenoxy) is 2. The number of primary amides is 1. The van der Waals surface area contributed by atoms with Crippen molar-refractivity contribution in [1.82, 2.24) is 0 Å². The van der Waals surface area contributed by atoms with Crippen molar-refractivity contribution in [2.75, 3.05) is 18.5 Å². The highest BCUT2D eigenvalue weighted by Gasteiger charge is 2.29. The van der Waals surface area contributed by atoms with Gasteiger partial charge in [-0.1, -0.05) is 36.4 Å². The number of anilines is 1. The summed E-state index contributed by atoms with van der Waals surface area (Å²) in [7, 11) is 0. The number of nitrogens with two attached hydrogens (primary N) is 1. The molecule has 10 heteroatoms. The molecule has 0 aliphatic heterocycles. The van der Waals surface area contributed by atoms with Crippen LogP contribution in [0.5, 0.6) is 0 Å². The van der Waals surface area contributed by atoms with Gasteiger partial charge >= 0.3 is 11.9 Å². The molecule has 4 rings (SSSR count). The van der Waals surface area contributed by atoms with Crippen molar-refractivity contribution in [3.05, 3.63) is 64.6 Å². The van der Waals surface area contributed by atoms with Crippen molar-refractivity contribution in [2.45, 2.75) is 20.8 Å². The lowest BCUT2D eigenvalue weighted by Crippen LogP contribution is -2.23. The molecule has 0 atom stereocenters. The Labute approximate surface area is 198 Å². The lowest BCUT2D eigenvalue weighted by atomic mass is 10.1. The van der Waals surface area contributed by atoms with E-state index in [9.17, 15) is 19.2 Å². The summed E-state index contributed by atoms with van der Waals surface area (Å²) in [4.78, 5) is 49.2. The first-order valence-electron chi connectivity index (χ1n) is 10.7. The summed E-state index contributed by atoms with van der Waals surface area (Å²) in [5, 5.41) is 4.85. The molecule has 2 aromatic heterocycles. The molecule has 10 nitrogen and oxygen atoms in total. The number of furan rings is 2. The van der Waals surface area contributed by atoms with Gasteiger partial charge in [-0.25, -0.2) is 9.59 Å². The van der Waals surface area contributed by atoms with Crippen LogP contribution in [0, 0.1) is 13.8 Å². The average molecular weight is 478 g/mol. The molecule has 4 aromatic rings. The van der Waals surface area contributed by atoms with Gasteiger partial charge in [-0.2, -0.15) is 0 Å². The van der Waals surface area contributed by atoms with E-state index in [-0.39, 0.29) is 35.1 Å². The van der Waals surface area contributed by atoms with E-state index in [1.807, 2.05) is 36.4 Å². The minimum Gasteiger partial charge on any atom is -0.462 e. The SMILES string of the molecule is CCOC(=O)c1c(C)oc(NC(=O)COC(=O)c2oc3c(ccc4ccccc43)c2C)c1C(N)=O. The standard InChI is InChI=1S/C25H22N2O8/c1-4-32-24(30)18-13(3)34-23(19(18)22(26)29)27-17(28)11-33-25(31)20-12(2)15-10-9-14-7-5-6-8-16(14)21(15)35-20/h5-10H,4,11H2,1-3H3,(H2,26,29)(H,27,28). The number of amides is 2. The third-order valence-corrected chi connectivity index (χ3v) is 5.41. The van der Waals surface area contributed by atoms with Gasteiger partial charge < -0.3 is 24.0 Å². The van der Waals surface area contributed by atoms with Crippen LogP contribution in [0.4, 0.5) is 5.88 Å². The summed E-state index contributed by atoms with van der Waals surface area (Å²) in [5.74, 6) is -3.80. The summed E-state index contributed by atoms with van der Waals surface area (Å²) in [6.07, 6.45) is 0. The zero-order valence-corrected chi connectivity index (χ0v) is 19.2. The third kappa shape index (κ3) is 4.33. The van der Waals surface area contributed by atoms with Crippen molar-refractivity contribution >= 4 is 51.4 Å². The van der Waals surface area contributed by atoms with Crippen LogP contribution in [0.1, 0.15) is 49.5 Å². The second-order valence-corrected chi connectivity index (χ2v) is 7.67. The van der Waals surface area contributed by atoms with Gasteiger partial charge in [0.15, 0.2) is 6.61 Å². The van der Waals surface area contributed by atoms with Crippen LogP contribution in [0.3, 0.4) is 0 Å². The highest BCUT2D eigenvalue weighted by atomic mass is 16.5. The second-order valence-electron chi connectivity index (χ2n) is 7.67. The molecule has 0 spiro atoms. The largest absolute Gasteiger partial charge is 0.462 e. The van der Waals surface area contributed by atoms with E-state index in [2.05, 4.69) is 5.32 Å². The van der Waals surface area contributed by atoms with Crippen LogP contribution in [0.25, 0.3) is 21.7 Å². The van der Waals surface area contributed by atoms with E-state index in [4.69, 9.17) is 24.0 Å². The fourth-order valence-corrected chi connectivity index (χ4v) is 3.82. The Kier molecular flexibility index (Phi) is 6.28. The molecule has 0 saturated carbocycles. The Morgan fingerprint density at radius 1 is 0.914 bits per heavy atom. The third-order valence-electron chi connectivity index (χ3n) is 5.41. The zero-order chi connectivity index (χ0) is 25.3. The van der Waals surface area contributed by atoms with Crippen LogP contribution in [0.2, 0.25) is 0 Å². The summed E-state index contributed by atoms with van der Waals surface area (Å²) in [6, 6.07) is 11.4. The molecule has 0 unspecified atom stereocenters. The molecule has 35 heavy (non-hydrogen) atoms. The number of esters is 2. The molecule has 2 aromatic carbocycles. The van der Waals surface area contributed by atoms with Crippen LogP contribution in [-0.4, -0.2) is 37.0 Å². The summed E-state index contributed by atoms with van der Waals surface area (Å²) in [5.41, 5.74) is 5.98. The van der Waals surface area contributed by atoms with Gasteiger partial charge in [0, 0.05) is 16.3 Å². The summed E-state index contributed by atoms with van der Waals surface area (Å²) >= 11 is 0. The topological polar surface area (TPSA) is 151 Å². The van der Waals surface area contributed by atoms with E-state index in [0.717, 1.165) is 16.2 Å². The fraction of sp³-hybridized carbons (Fsp3) is 0.200. The molecule has 0 aliphatic rings. The average Bonchev–Trinajstić information content (AvgIpc) is 3.34. The number of benzene rings is 2. The van der Waals surface area contributed by atoms with Gasteiger partial charge in [0.05, 0.1) is 6.61 Å². The van der Waals surface area contributed by atoms with E-state index < -0.39 is 30.4 Å². The molecule has 0 radical (unpaired) electrons. The quantitative estimate of drug-likeness (QED) is 0.380. The molecule has 180 valence electrons. The van der Waals surface area contributed by atoms with Gasteiger partial charge in [-0.05, 0) is 26.2 Å². The number of carbonyl (C=O) groups excluding carboxylic acids is 4.